The summed E-state index contributed by atoms with van der Waals surface area (Å²) in [5.74, 6) is 1.67. The zero-order chi connectivity index (χ0) is 15.2. The highest BCUT2D eigenvalue weighted by Gasteiger charge is 2.13. The molecule has 0 spiro atoms. The molecule has 3 nitrogen and oxygen atoms in total. The van der Waals surface area contributed by atoms with Gasteiger partial charge in [0.1, 0.15) is 18.1 Å². The SMILES string of the molecule is CCNC(C)c1ccc(OC)cc1OCc1sccc1Br. The fourth-order valence-corrected chi connectivity index (χ4v) is 3.49. The van der Waals surface area contributed by atoms with Crippen molar-refractivity contribution in [1.82, 2.24) is 5.32 Å². The number of hydrogen-bond acceptors (Lipinski definition) is 4. The largest absolute Gasteiger partial charge is 0.497 e. The molecule has 1 heterocycles. The zero-order valence-electron chi connectivity index (χ0n) is 12.5. The molecule has 1 aromatic carbocycles. The quantitative estimate of drug-likeness (QED) is 0.762. The van der Waals surface area contributed by atoms with Gasteiger partial charge in [-0.3, -0.25) is 0 Å². The summed E-state index contributed by atoms with van der Waals surface area (Å²) in [4.78, 5) is 1.18. The Morgan fingerprint density at radius 2 is 2.14 bits per heavy atom. The average molecular weight is 370 g/mol. The van der Waals surface area contributed by atoms with Crippen LogP contribution < -0.4 is 14.8 Å². The molecular formula is C16H20BrNO2S. The van der Waals surface area contributed by atoms with Gasteiger partial charge in [0.15, 0.2) is 0 Å². The lowest BCUT2D eigenvalue weighted by Crippen LogP contribution is -2.18. The number of rotatable bonds is 7. The summed E-state index contributed by atoms with van der Waals surface area (Å²) in [6.45, 7) is 5.71. The fraction of sp³-hybridized carbons (Fsp3) is 0.375. The molecule has 0 aliphatic heterocycles. The number of nitrogens with one attached hydrogen (secondary N) is 1. The van der Waals surface area contributed by atoms with E-state index in [1.807, 2.05) is 18.2 Å². The smallest absolute Gasteiger partial charge is 0.128 e. The van der Waals surface area contributed by atoms with Crippen LogP contribution in [0.4, 0.5) is 0 Å². The third-order valence-corrected chi connectivity index (χ3v) is 5.15. The third-order valence-electron chi connectivity index (χ3n) is 3.25. The van der Waals surface area contributed by atoms with Gasteiger partial charge in [0, 0.05) is 22.1 Å². The van der Waals surface area contributed by atoms with E-state index in [1.54, 1.807) is 18.4 Å². The van der Waals surface area contributed by atoms with E-state index in [1.165, 1.54) is 4.88 Å². The monoisotopic (exact) mass is 369 g/mol. The topological polar surface area (TPSA) is 30.5 Å². The number of methoxy groups -OCH3 is 1. The summed E-state index contributed by atoms with van der Waals surface area (Å²) in [5, 5.41) is 5.47. The molecule has 1 atom stereocenters. The van der Waals surface area contributed by atoms with Gasteiger partial charge in [-0.1, -0.05) is 13.0 Å². The van der Waals surface area contributed by atoms with Crippen LogP contribution in [-0.4, -0.2) is 13.7 Å². The van der Waals surface area contributed by atoms with Crippen LogP contribution in [0.1, 0.15) is 30.3 Å². The van der Waals surface area contributed by atoms with Gasteiger partial charge in [-0.05, 0) is 46.9 Å². The van der Waals surface area contributed by atoms with Crippen LogP contribution in [0.15, 0.2) is 34.1 Å². The molecule has 0 radical (unpaired) electrons. The summed E-state index contributed by atoms with van der Waals surface area (Å²) in [7, 11) is 1.67. The Morgan fingerprint density at radius 3 is 2.76 bits per heavy atom. The van der Waals surface area contributed by atoms with Crippen molar-refractivity contribution in [3.8, 4) is 11.5 Å². The highest BCUT2D eigenvalue weighted by molar-refractivity contribution is 9.10. The predicted molar refractivity (Wildman–Crippen MR) is 91.4 cm³/mol. The molecule has 0 aliphatic carbocycles. The number of ether oxygens (including phenoxy) is 2. The second-order valence-corrected chi connectivity index (χ2v) is 6.52. The maximum atomic E-state index is 6.03. The summed E-state index contributed by atoms with van der Waals surface area (Å²) >= 11 is 5.22. The Balaban J connectivity index is 2.20. The number of halogens is 1. The number of benzene rings is 1. The van der Waals surface area contributed by atoms with Crippen LogP contribution in [0.2, 0.25) is 0 Å². The van der Waals surface area contributed by atoms with Crippen molar-refractivity contribution in [3.63, 3.8) is 0 Å². The molecule has 1 unspecified atom stereocenters. The van der Waals surface area contributed by atoms with E-state index in [4.69, 9.17) is 9.47 Å². The van der Waals surface area contributed by atoms with Crippen LogP contribution in [0.3, 0.4) is 0 Å². The molecule has 21 heavy (non-hydrogen) atoms. The highest BCUT2D eigenvalue weighted by atomic mass is 79.9. The number of hydrogen-bond donors (Lipinski definition) is 1. The Kier molecular flexibility index (Phi) is 6.08. The van der Waals surface area contributed by atoms with Gasteiger partial charge in [-0.2, -0.15) is 0 Å². The molecule has 2 aromatic rings. The van der Waals surface area contributed by atoms with Crippen molar-refractivity contribution in [2.24, 2.45) is 0 Å². The first-order chi connectivity index (χ1) is 10.2. The molecule has 0 amide bonds. The van der Waals surface area contributed by atoms with E-state index in [0.29, 0.717) is 6.61 Å². The maximum absolute atomic E-state index is 6.03. The van der Waals surface area contributed by atoms with Gasteiger partial charge in [-0.25, -0.2) is 0 Å². The first kappa shape index (κ1) is 16.3. The molecule has 114 valence electrons. The fourth-order valence-electron chi connectivity index (χ4n) is 2.11. The van der Waals surface area contributed by atoms with Crippen molar-refractivity contribution in [3.05, 3.63) is 44.6 Å². The molecule has 0 saturated heterocycles. The highest BCUT2D eigenvalue weighted by Crippen LogP contribution is 2.31. The van der Waals surface area contributed by atoms with E-state index >= 15 is 0 Å². The van der Waals surface area contributed by atoms with Crippen LogP contribution in [0.5, 0.6) is 11.5 Å². The van der Waals surface area contributed by atoms with E-state index in [9.17, 15) is 0 Å². The van der Waals surface area contributed by atoms with Gasteiger partial charge >= 0.3 is 0 Å². The minimum Gasteiger partial charge on any atom is -0.497 e. The number of thiophene rings is 1. The van der Waals surface area contributed by atoms with Crippen LogP contribution in [0.25, 0.3) is 0 Å². The second kappa shape index (κ2) is 7.82. The van der Waals surface area contributed by atoms with Gasteiger partial charge in [0.2, 0.25) is 0 Å². The molecule has 1 aromatic heterocycles. The van der Waals surface area contributed by atoms with E-state index in [-0.39, 0.29) is 6.04 Å². The van der Waals surface area contributed by atoms with Gasteiger partial charge < -0.3 is 14.8 Å². The van der Waals surface area contributed by atoms with Gasteiger partial charge in [0.05, 0.1) is 12.0 Å². The first-order valence-corrected chi connectivity index (χ1v) is 8.59. The Hall–Kier alpha value is -1.04. The summed E-state index contributed by atoms with van der Waals surface area (Å²) in [6, 6.07) is 8.26. The van der Waals surface area contributed by atoms with Crippen molar-refractivity contribution < 1.29 is 9.47 Å². The van der Waals surface area contributed by atoms with Crippen molar-refractivity contribution >= 4 is 27.3 Å². The van der Waals surface area contributed by atoms with E-state index in [2.05, 4.69) is 46.5 Å². The molecule has 0 aliphatic rings. The minimum absolute atomic E-state index is 0.239. The van der Waals surface area contributed by atoms with E-state index < -0.39 is 0 Å². The normalized spacial score (nSPS) is 12.2. The summed E-state index contributed by atoms with van der Waals surface area (Å²) < 4.78 is 12.4. The lowest BCUT2D eigenvalue weighted by Gasteiger charge is -2.18. The Bertz CT molecular complexity index is 585. The molecule has 0 fully saturated rings. The molecule has 0 bridgehead atoms. The molecule has 2 rings (SSSR count). The van der Waals surface area contributed by atoms with Crippen LogP contribution >= 0.6 is 27.3 Å². The Morgan fingerprint density at radius 1 is 1.33 bits per heavy atom. The van der Waals surface area contributed by atoms with Gasteiger partial charge in [0.25, 0.3) is 0 Å². The molecule has 5 heteroatoms. The van der Waals surface area contributed by atoms with Crippen molar-refractivity contribution in [2.45, 2.75) is 26.5 Å². The van der Waals surface area contributed by atoms with Crippen molar-refractivity contribution in [2.75, 3.05) is 13.7 Å². The first-order valence-electron chi connectivity index (χ1n) is 6.91. The van der Waals surface area contributed by atoms with E-state index in [0.717, 1.165) is 28.1 Å². The lowest BCUT2D eigenvalue weighted by atomic mass is 10.1. The predicted octanol–water partition coefficient (Wildman–Crippen LogP) is 4.77. The maximum Gasteiger partial charge on any atom is 0.128 e. The Labute approximate surface area is 138 Å². The van der Waals surface area contributed by atoms with Crippen molar-refractivity contribution in [1.29, 1.82) is 0 Å². The summed E-state index contributed by atoms with van der Waals surface area (Å²) in [5.41, 5.74) is 1.14. The second-order valence-electron chi connectivity index (χ2n) is 4.66. The molecular weight excluding hydrogens is 350 g/mol. The van der Waals surface area contributed by atoms with Gasteiger partial charge in [-0.15, -0.1) is 11.3 Å². The average Bonchev–Trinajstić information content (AvgIpc) is 2.90. The molecule has 1 N–H and O–H groups in total. The lowest BCUT2D eigenvalue weighted by molar-refractivity contribution is 0.300. The van der Waals surface area contributed by atoms with Crippen LogP contribution in [0, 0.1) is 0 Å². The zero-order valence-corrected chi connectivity index (χ0v) is 14.9. The molecule has 0 saturated carbocycles. The van der Waals surface area contributed by atoms with Crippen LogP contribution in [-0.2, 0) is 6.61 Å². The third kappa shape index (κ3) is 4.22. The standard InChI is InChI=1S/C16H20BrNO2S/c1-4-18-11(2)13-6-5-12(19-3)9-15(13)20-10-16-14(17)7-8-21-16/h5-9,11,18H,4,10H2,1-3H3. The summed E-state index contributed by atoms with van der Waals surface area (Å²) in [6.07, 6.45) is 0. The minimum atomic E-state index is 0.239.